The van der Waals surface area contributed by atoms with Crippen molar-refractivity contribution in [1.29, 1.82) is 0 Å². The Morgan fingerprint density at radius 1 is 1.38 bits per heavy atom. The summed E-state index contributed by atoms with van der Waals surface area (Å²) >= 11 is 7.67. The topological polar surface area (TPSA) is 62.8 Å². The zero-order valence-corrected chi connectivity index (χ0v) is 16.1. The molecule has 2 aromatic rings. The van der Waals surface area contributed by atoms with Crippen molar-refractivity contribution in [2.75, 3.05) is 45.3 Å². The number of amides is 2. The van der Waals surface area contributed by atoms with Crippen LogP contribution in [-0.2, 0) is 4.74 Å². The molecule has 0 unspecified atom stereocenters. The highest BCUT2D eigenvalue weighted by atomic mass is 35.5. The van der Waals surface area contributed by atoms with Crippen molar-refractivity contribution in [3.8, 4) is 5.75 Å². The summed E-state index contributed by atoms with van der Waals surface area (Å²) in [5.41, 5.74) is 1.74. The van der Waals surface area contributed by atoms with E-state index in [2.05, 4.69) is 32.4 Å². The van der Waals surface area contributed by atoms with E-state index in [0.717, 1.165) is 13.1 Å². The number of carbonyl (C=O) groups excluding carboxylic acids is 1. The van der Waals surface area contributed by atoms with Gasteiger partial charge in [0.1, 0.15) is 5.75 Å². The normalized spacial score (nSPS) is 16.1. The summed E-state index contributed by atoms with van der Waals surface area (Å²) in [7, 11) is 1.55. The number of morpholine rings is 1. The van der Waals surface area contributed by atoms with E-state index in [1.54, 1.807) is 36.6 Å². The van der Waals surface area contributed by atoms with Crippen molar-refractivity contribution in [3.63, 3.8) is 0 Å². The molecule has 1 aliphatic rings. The van der Waals surface area contributed by atoms with Gasteiger partial charge in [-0.1, -0.05) is 11.6 Å². The highest BCUT2D eigenvalue weighted by Crippen LogP contribution is 2.28. The Morgan fingerprint density at radius 3 is 2.88 bits per heavy atom. The van der Waals surface area contributed by atoms with Crippen molar-refractivity contribution in [1.82, 2.24) is 10.2 Å². The first-order chi connectivity index (χ1) is 12.7. The molecule has 140 valence electrons. The average Bonchev–Trinajstić information content (AvgIpc) is 3.17. The van der Waals surface area contributed by atoms with Gasteiger partial charge in [0.25, 0.3) is 0 Å². The lowest BCUT2D eigenvalue weighted by atomic mass is 10.1. The standard InChI is InChI=1S/C18H22ClN3O3S/c1-24-17-3-2-14(19)10-15(17)21-18(23)20-11-16(13-4-9-26-12-13)22-5-7-25-8-6-22/h2-4,9-10,12,16H,5-8,11H2,1H3,(H2,20,21,23)/t16-/m0/s1. The highest BCUT2D eigenvalue weighted by Gasteiger charge is 2.23. The first-order valence-electron chi connectivity index (χ1n) is 8.39. The summed E-state index contributed by atoms with van der Waals surface area (Å²) in [5.74, 6) is 0.562. The van der Waals surface area contributed by atoms with Crippen molar-refractivity contribution < 1.29 is 14.3 Å². The first-order valence-corrected chi connectivity index (χ1v) is 9.71. The third kappa shape index (κ3) is 4.88. The zero-order chi connectivity index (χ0) is 18.4. The van der Waals surface area contributed by atoms with Gasteiger partial charge in [0.15, 0.2) is 0 Å². The number of anilines is 1. The number of hydrogen-bond donors (Lipinski definition) is 2. The minimum Gasteiger partial charge on any atom is -0.495 e. The molecule has 1 aromatic heterocycles. The number of carbonyl (C=O) groups is 1. The molecule has 8 heteroatoms. The van der Waals surface area contributed by atoms with Gasteiger partial charge in [-0.15, -0.1) is 0 Å². The van der Waals surface area contributed by atoms with Gasteiger partial charge in [-0.25, -0.2) is 4.79 Å². The van der Waals surface area contributed by atoms with E-state index in [1.165, 1.54) is 5.56 Å². The molecule has 2 heterocycles. The number of rotatable bonds is 6. The van der Waals surface area contributed by atoms with Crippen LogP contribution in [0.15, 0.2) is 35.0 Å². The number of nitrogens with zero attached hydrogens (tertiary/aromatic N) is 1. The third-order valence-corrected chi connectivity index (χ3v) is 5.22. The molecule has 0 radical (unpaired) electrons. The fourth-order valence-electron chi connectivity index (χ4n) is 2.95. The molecule has 0 bridgehead atoms. The van der Waals surface area contributed by atoms with Crippen LogP contribution in [0.1, 0.15) is 11.6 Å². The Bertz CT molecular complexity index is 720. The van der Waals surface area contributed by atoms with Gasteiger partial charge in [0.05, 0.1) is 32.1 Å². The van der Waals surface area contributed by atoms with Crippen molar-refractivity contribution in [2.45, 2.75) is 6.04 Å². The monoisotopic (exact) mass is 395 g/mol. The smallest absolute Gasteiger partial charge is 0.319 e. The Morgan fingerprint density at radius 2 is 2.19 bits per heavy atom. The van der Waals surface area contributed by atoms with Crippen molar-refractivity contribution in [2.24, 2.45) is 0 Å². The van der Waals surface area contributed by atoms with Crippen LogP contribution in [0, 0.1) is 0 Å². The maximum absolute atomic E-state index is 12.4. The van der Waals surface area contributed by atoms with Gasteiger partial charge in [0.2, 0.25) is 0 Å². The number of halogens is 1. The zero-order valence-electron chi connectivity index (χ0n) is 14.5. The molecule has 26 heavy (non-hydrogen) atoms. The summed E-state index contributed by atoms with van der Waals surface area (Å²) in [6.07, 6.45) is 0. The van der Waals surface area contributed by atoms with E-state index in [0.29, 0.717) is 36.2 Å². The highest BCUT2D eigenvalue weighted by molar-refractivity contribution is 7.07. The molecule has 2 amide bonds. The van der Waals surface area contributed by atoms with Gasteiger partial charge in [-0.2, -0.15) is 11.3 Å². The molecule has 1 atom stereocenters. The summed E-state index contributed by atoms with van der Waals surface area (Å²) in [4.78, 5) is 14.7. The summed E-state index contributed by atoms with van der Waals surface area (Å²) in [6, 6.07) is 7.04. The summed E-state index contributed by atoms with van der Waals surface area (Å²) in [5, 5.41) is 10.5. The van der Waals surface area contributed by atoms with Crippen LogP contribution in [-0.4, -0.2) is 50.9 Å². The quantitative estimate of drug-likeness (QED) is 0.784. The molecule has 1 aromatic carbocycles. The SMILES string of the molecule is COc1ccc(Cl)cc1NC(=O)NC[C@@H](c1ccsc1)N1CCOCC1. The largest absolute Gasteiger partial charge is 0.495 e. The molecular weight excluding hydrogens is 374 g/mol. The molecule has 3 rings (SSSR count). The number of thiophene rings is 1. The van der Waals surface area contributed by atoms with Gasteiger partial charge >= 0.3 is 6.03 Å². The van der Waals surface area contributed by atoms with Crippen LogP contribution in [0.4, 0.5) is 10.5 Å². The number of hydrogen-bond acceptors (Lipinski definition) is 5. The third-order valence-electron chi connectivity index (χ3n) is 4.28. The van der Waals surface area contributed by atoms with E-state index < -0.39 is 0 Å². The van der Waals surface area contributed by atoms with E-state index in [9.17, 15) is 4.79 Å². The van der Waals surface area contributed by atoms with Gasteiger partial charge < -0.3 is 20.1 Å². The van der Waals surface area contributed by atoms with E-state index in [4.69, 9.17) is 21.1 Å². The maximum Gasteiger partial charge on any atom is 0.319 e. The molecule has 1 saturated heterocycles. The molecule has 1 fully saturated rings. The minimum absolute atomic E-state index is 0.122. The lowest BCUT2D eigenvalue weighted by molar-refractivity contribution is 0.0168. The van der Waals surface area contributed by atoms with Gasteiger partial charge in [-0.3, -0.25) is 4.90 Å². The Kier molecular flexibility index (Phi) is 6.73. The number of benzene rings is 1. The predicted octanol–water partition coefficient (Wildman–Crippen LogP) is 3.61. The molecule has 0 aliphatic carbocycles. The summed E-state index contributed by atoms with van der Waals surface area (Å²) in [6.45, 7) is 3.64. The van der Waals surface area contributed by atoms with Crippen LogP contribution in [0.25, 0.3) is 0 Å². The molecule has 0 saturated carbocycles. The average molecular weight is 396 g/mol. The number of ether oxygens (including phenoxy) is 2. The predicted molar refractivity (Wildman–Crippen MR) is 104 cm³/mol. The van der Waals surface area contributed by atoms with Crippen molar-refractivity contribution in [3.05, 3.63) is 45.6 Å². The number of nitrogens with one attached hydrogen (secondary N) is 2. The number of methoxy groups -OCH3 is 1. The van der Waals surface area contributed by atoms with E-state index in [1.807, 2.05) is 0 Å². The van der Waals surface area contributed by atoms with Gasteiger partial charge in [-0.05, 0) is 40.6 Å². The van der Waals surface area contributed by atoms with Crippen LogP contribution in [0.2, 0.25) is 5.02 Å². The Labute approximate surface area is 162 Å². The Balaban J connectivity index is 1.63. The van der Waals surface area contributed by atoms with Crippen LogP contribution in [0.3, 0.4) is 0 Å². The van der Waals surface area contributed by atoms with E-state index >= 15 is 0 Å². The fourth-order valence-corrected chi connectivity index (χ4v) is 3.82. The number of urea groups is 1. The fraction of sp³-hybridized carbons (Fsp3) is 0.389. The second kappa shape index (κ2) is 9.23. The molecule has 6 nitrogen and oxygen atoms in total. The van der Waals surface area contributed by atoms with Crippen molar-refractivity contribution >= 4 is 34.7 Å². The second-order valence-electron chi connectivity index (χ2n) is 5.90. The van der Waals surface area contributed by atoms with E-state index in [-0.39, 0.29) is 12.1 Å². The second-order valence-corrected chi connectivity index (χ2v) is 7.12. The summed E-state index contributed by atoms with van der Waals surface area (Å²) < 4.78 is 10.7. The lowest BCUT2D eigenvalue weighted by Crippen LogP contribution is -2.44. The minimum atomic E-state index is -0.293. The molecule has 1 aliphatic heterocycles. The van der Waals surface area contributed by atoms with Gasteiger partial charge in [0, 0.05) is 24.7 Å². The first kappa shape index (κ1) is 19.0. The Hall–Kier alpha value is -1.80. The van der Waals surface area contributed by atoms with Crippen LogP contribution < -0.4 is 15.4 Å². The molecular formula is C18H22ClN3O3S. The maximum atomic E-state index is 12.4. The molecule has 2 N–H and O–H groups in total. The molecule has 0 spiro atoms. The van der Waals surface area contributed by atoms with Crippen LogP contribution >= 0.6 is 22.9 Å². The van der Waals surface area contributed by atoms with Crippen LogP contribution in [0.5, 0.6) is 5.75 Å². The lowest BCUT2D eigenvalue weighted by Gasteiger charge is -2.34.